The van der Waals surface area contributed by atoms with Gasteiger partial charge in [-0.25, -0.2) is 4.39 Å². The van der Waals surface area contributed by atoms with Gasteiger partial charge in [-0.3, -0.25) is 9.59 Å². The summed E-state index contributed by atoms with van der Waals surface area (Å²) < 4.78 is 18.4. The Hall–Kier alpha value is -2.89. The molecule has 132 valence electrons. The molecule has 3 N–H and O–H groups in total. The predicted octanol–water partition coefficient (Wildman–Crippen LogP) is 2.20. The highest BCUT2D eigenvalue weighted by Gasteiger charge is 2.18. The Labute approximate surface area is 146 Å². The second-order valence-corrected chi connectivity index (χ2v) is 5.62. The van der Waals surface area contributed by atoms with Crippen molar-refractivity contribution in [2.45, 2.75) is 25.3 Å². The third-order valence-corrected chi connectivity index (χ3v) is 3.57. The van der Waals surface area contributed by atoms with E-state index in [1.807, 2.05) is 30.3 Å². The van der Waals surface area contributed by atoms with Gasteiger partial charge < -0.3 is 15.8 Å². The Morgan fingerprint density at radius 2 is 1.88 bits per heavy atom. The van der Waals surface area contributed by atoms with Crippen molar-refractivity contribution in [2.24, 2.45) is 5.73 Å². The van der Waals surface area contributed by atoms with E-state index in [-0.39, 0.29) is 24.8 Å². The van der Waals surface area contributed by atoms with Crippen molar-refractivity contribution in [3.63, 3.8) is 0 Å². The lowest BCUT2D eigenvalue weighted by Crippen LogP contribution is -2.45. The molecule has 0 heterocycles. The van der Waals surface area contributed by atoms with Crippen LogP contribution in [0.3, 0.4) is 0 Å². The molecule has 6 heteroatoms. The zero-order valence-corrected chi connectivity index (χ0v) is 13.8. The fourth-order valence-corrected chi connectivity index (χ4v) is 2.32. The molecule has 2 aromatic rings. The average Bonchev–Trinajstić information content (AvgIpc) is 2.59. The van der Waals surface area contributed by atoms with Gasteiger partial charge >= 0.3 is 0 Å². The first-order chi connectivity index (χ1) is 12.0. The zero-order valence-electron chi connectivity index (χ0n) is 13.8. The molecular weight excluding hydrogens is 323 g/mol. The van der Waals surface area contributed by atoms with Gasteiger partial charge in [-0.1, -0.05) is 36.4 Å². The number of primary amides is 1. The number of amides is 2. The minimum absolute atomic E-state index is 0.188. The van der Waals surface area contributed by atoms with Crippen molar-refractivity contribution in [1.29, 1.82) is 0 Å². The first-order valence-electron chi connectivity index (χ1n) is 8.05. The third kappa shape index (κ3) is 6.63. The van der Waals surface area contributed by atoms with E-state index in [1.165, 1.54) is 12.1 Å². The topological polar surface area (TPSA) is 81.4 Å². The first kappa shape index (κ1) is 18.4. The van der Waals surface area contributed by atoms with Gasteiger partial charge in [-0.05, 0) is 24.1 Å². The SMILES string of the molecule is NC(=O)[C@@H](Cc1ccccc1)NC(=O)CCCOc1cccc(F)c1. The third-order valence-electron chi connectivity index (χ3n) is 3.57. The van der Waals surface area contributed by atoms with Crippen molar-refractivity contribution in [3.05, 3.63) is 66.0 Å². The van der Waals surface area contributed by atoms with Gasteiger partial charge in [-0.2, -0.15) is 0 Å². The summed E-state index contributed by atoms with van der Waals surface area (Å²) in [4.78, 5) is 23.5. The lowest BCUT2D eigenvalue weighted by molar-refractivity contribution is -0.127. The van der Waals surface area contributed by atoms with Crippen molar-refractivity contribution in [1.82, 2.24) is 5.32 Å². The molecule has 0 fully saturated rings. The molecule has 2 aromatic carbocycles. The number of hydrogen-bond acceptors (Lipinski definition) is 3. The number of rotatable bonds is 9. The van der Waals surface area contributed by atoms with E-state index in [0.29, 0.717) is 18.6 Å². The summed E-state index contributed by atoms with van der Waals surface area (Å²) in [5.74, 6) is -0.809. The summed E-state index contributed by atoms with van der Waals surface area (Å²) >= 11 is 0. The maximum Gasteiger partial charge on any atom is 0.240 e. The second kappa shape index (κ2) is 9.42. The van der Waals surface area contributed by atoms with Crippen molar-refractivity contribution in [3.8, 4) is 5.75 Å². The van der Waals surface area contributed by atoms with Gasteiger partial charge in [0.25, 0.3) is 0 Å². The number of nitrogens with two attached hydrogens (primary N) is 1. The minimum Gasteiger partial charge on any atom is -0.493 e. The molecule has 2 rings (SSSR count). The molecule has 0 saturated heterocycles. The Morgan fingerprint density at radius 3 is 2.56 bits per heavy atom. The first-order valence-corrected chi connectivity index (χ1v) is 8.05. The largest absolute Gasteiger partial charge is 0.493 e. The van der Waals surface area contributed by atoms with Gasteiger partial charge in [0.05, 0.1) is 6.61 Å². The molecule has 0 saturated carbocycles. The van der Waals surface area contributed by atoms with Gasteiger partial charge in [0.2, 0.25) is 11.8 Å². The van der Waals surface area contributed by atoms with Crippen LogP contribution in [0.25, 0.3) is 0 Å². The molecule has 0 aliphatic carbocycles. The van der Waals surface area contributed by atoms with Crippen molar-refractivity contribution >= 4 is 11.8 Å². The molecule has 1 atom stereocenters. The highest BCUT2D eigenvalue weighted by molar-refractivity contribution is 5.86. The normalized spacial score (nSPS) is 11.6. The number of hydrogen-bond donors (Lipinski definition) is 2. The average molecular weight is 344 g/mol. The van der Waals surface area contributed by atoms with E-state index < -0.39 is 11.9 Å². The number of halogens is 1. The number of ether oxygens (including phenoxy) is 1. The number of carbonyl (C=O) groups excluding carboxylic acids is 2. The molecule has 25 heavy (non-hydrogen) atoms. The van der Waals surface area contributed by atoms with Gasteiger partial charge in [0.15, 0.2) is 0 Å². The minimum atomic E-state index is -0.751. The lowest BCUT2D eigenvalue weighted by atomic mass is 10.1. The molecule has 0 aromatic heterocycles. The summed E-state index contributed by atoms with van der Waals surface area (Å²) in [6.45, 7) is 0.275. The van der Waals surface area contributed by atoms with E-state index in [1.54, 1.807) is 12.1 Å². The summed E-state index contributed by atoms with van der Waals surface area (Å²) in [7, 11) is 0. The van der Waals surface area contributed by atoms with Gasteiger partial charge in [-0.15, -0.1) is 0 Å². The maximum absolute atomic E-state index is 13.0. The van der Waals surface area contributed by atoms with Crippen LogP contribution >= 0.6 is 0 Å². The Balaban J connectivity index is 1.74. The molecule has 0 radical (unpaired) electrons. The summed E-state index contributed by atoms with van der Waals surface area (Å²) in [6, 6.07) is 14.4. The monoisotopic (exact) mass is 344 g/mol. The summed E-state index contributed by atoms with van der Waals surface area (Å²) in [6.07, 6.45) is 0.981. The molecule has 0 spiro atoms. The van der Waals surface area contributed by atoms with E-state index >= 15 is 0 Å². The molecule has 0 unspecified atom stereocenters. The quantitative estimate of drug-likeness (QED) is 0.684. The van der Waals surface area contributed by atoms with Crippen molar-refractivity contribution < 1.29 is 18.7 Å². The number of benzene rings is 2. The summed E-state index contributed by atoms with van der Waals surface area (Å²) in [5, 5.41) is 2.64. The van der Waals surface area contributed by atoms with Crippen LogP contribution in [0.5, 0.6) is 5.75 Å². The molecule has 5 nitrogen and oxygen atoms in total. The summed E-state index contributed by atoms with van der Waals surface area (Å²) in [5.41, 5.74) is 6.28. The zero-order chi connectivity index (χ0) is 18.1. The predicted molar refractivity (Wildman–Crippen MR) is 92.4 cm³/mol. The van der Waals surface area contributed by atoms with Crippen LogP contribution in [0, 0.1) is 5.82 Å². The van der Waals surface area contributed by atoms with E-state index in [4.69, 9.17) is 10.5 Å². The Bertz CT molecular complexity index is 707. The standard InChI is InChI=1S/C19H21FN2O3/c20-15-8-4-9-16(13-15)25-11-5-10-18(23)22-17(19(21)24)12-14-6-2-1-3-7-14/h1-4,6-9,13,17H,5,10-12H2,(H2,21,24)(H,22,23)/t17-/m1/s1. The smallest absolute Gasteiger partial charge is 0.240 e. The van der Waals surface area contributed by atoms with Crippen LogP contribution in [0.1, 0.15) is 18.4 Å². The Morgan fingerprint density at radius 1 is 1.12 bits per heavy atom. The molecule has 2 amide bonds. The van der Waals surface area contributed by atoms with Crippen molar-refractivity contribution in [2.75, 3.05) is 6.61 Å². The van der Waals surface area contributed by atoms with E-state index in [0.717, 1.165) is 5.56 Å². The van der Waals surface area contributed by atoms with Crippen LogP contribution in [-0.2, 0) is 16.0 Å². The lowest BCUT2D eigenvalue weighted by Gasteiger charge is -2.15. The Kier molecular flexibility index (Phi) is 6.95. The highest BCUT2D eigenvalue weighted by Crippen LogP contribution is 2.12. The van der Waals surface area contributed by atoms with Gasteiger partial charge in [0, 0.05) is 18.9 Å². The van der Waals surface area contributed by atoms with E-state index in [2.05, 4.69) is 5.32 Å². The van der Waals surface area contributed by atoms with Crippen LogP contribution in [0.2, 0.25) is 0 Å². The van der Waals surface area contributed by atoms with Crippen LogP contribution in [-0.4, -0.2) is 24.5 Å². The van der Waals surface area contributed by atoms with E-state index in [9.17, 15) is 14.0 Å². The fraction of sp³-hybridized carbons (Fsp3) is 0.263. The van der Waals surface area contributed by atoms with Crippen LogP contribution in [0.4, 0.5) is 4.39 Å². The van der Waals surface area contributed by atoms with Gasteiger partial charge in [0.1, 0.15) is 17.6 Å². The number of nitrogens with one attached hydrogen (secondary N) is 1. The van der Waals surface area contributed by atoms with Crippen LogP contribution < -0.4 is 15.8 Å². The van der Waals surface area contributed by atoms with Crippen LogP contribution in [0.15, 0.2) is 54.6 Å². The number of carbonyl (C=O) groups is 2. The molecule has 0 aliphatic rings. The maximum atomic E-state index is 13.0. The molecule has 0 bridgehead atoms. The molecule has 0 aliphatic heterocycles. The second-order valence-electron chi connectivity index (χ2n) is 5.62. The molecular formula is C19H21FN2O3. The fourth-order valence-electron chi connectivity index (χ4n) is 2.32. The highest BCUT2D eigenvalue weighted by atomic mass is 19.1.